The Balaban J connectivity index is 1.89. The van der Waals surface area contributed by atoms with Gasteiger partial charge in [-0.15, -0.1) is 0 Å². The summed E-state index contributed by atoms with van der Waals surface area (Å²) in [6.07, 6.45) is 8.27. The Morgan fingerprint density at radius 1 is 1.20 bits per heavy atom. The predicted molar refractivity (Wildman–Crippen MR) is 85.1 cm³/mol. The Bertz CT molecular complexity index is 280. The molecular weight excluding hydrogens is 248 g/mol. The quantitative estimate of drug-likeness (QED) is 0.784. The predicted octanol–water partition coefficient (Wildman–Crippen LogP) is 3.05. The monoisotopic (exact) mass is 282 g/mol. The summed E-state index contributed by atoms with van der Waals surface area (Å²) < 4.78 is 5.84. The van der Waals surface area contributed by atoms with Gasteiger partial charge in [-0.1, -0.05) is 26.2 Å². The summed E-state index contributed by atoms with van der Waals surface area (Å²) in [5, 5.41) is 3.81. The minimum absolute atomic E-state index is 0.0370. The van der Waals surface area contributed by atoms with Crippen LogP contribution in [0.5, 0.6) is 0 Å². The van der Waals surface area contributed by atoms with Crippen LogP contribution in [0.3, 0.4) is 0 Å². The molecule has 3 nitrogen and oxygen atoms in total. The summed E-state index contributed by atoms with van der Waals surface area (Å²) >= 11 is 0. The zero-order valence-electron chi connectivity index (χ0n) is 13.8. The number of hydrogen-bond donors (Lipinski definition) is 1. The van der Waals surface area contributed by atoms with Gasteiger partial charge >= 0.3 is 0 Å². The van der Waals surface area contributed by atoms with Gasteiger partial charge in [0.05, 0.1) is 12.2 Å². The van der Waals surface area contributed by atoms with Crippen molar-refractivity contribution in [1.82, 2.24) is 10.2 Å². The molecule has 0 amide bonds. The first-order valence-corrected chi connectivity index (χ1v) is 8.70. The van der Waals surface area contributed by atoms with Crippen molar-refractivity contribution in [3.63, 3.8) is 0 Å². The molecule has 118 valence electrons. The Morgan fingerprint density at radius 3 is 2.75 bits per heavy atom. The van der Waals surface area contributed by atoms with Crippen LogP contribution in [0, 0.1) is 5.92 Å². The van der Waals surface area contributed by atoms with Gasteiger partial charge in [-0.2, -0.15) is 0 Å². The lowest BCUT2D eigenvalue weighted by Crippen LogP contribution is -2.51. The molecule has 0 aromatic rings. The van der Waals surface area contributed by atoms with Crippen LogP contribution in [-0.4, -0.2) is 49.3 Å². The number of nitrogens with zero attached hydrogens (tertiary/aromatic N) is 1. The van der Waals surface area contributed by atoms with Crippen molar-refractivity contribution in [2.45, 2.75) is 70.9 Å². The summed E-state index contributed by atoms with van der Waals surface area (Å²) in [6, 6.07) is 0.739. The molecule has 1 saturated heterocycles. The standard InChI is InChI=1S/C17H34N2O/c1-4-10-18-16-9-7-5-6-8-15(16)13-19-11-12-20-17(2,3)14-19/h15-16,18H,4-14H2,1-3H3. The molecule has 20 heavy (non-hydrogen) atoms. The highest BCUT2D eigenvalue weighted by molar-refractivity contribution is 4.85. The highest BCUT2D eigenvalue weighted by atomic mass is 16.5. The third-order valence-electron chi connectivity index (χ3n) is 4.81. The highest BCUT2D eigenvalue weighted by Crippen LogP contribution is 2.26. The fraction of sp³-hybridized carbons (Fsp3) is 1.00. The fourth-order valence-electron chi connectivity index (χ4n) is 3.80. The minimum atomic E-state index is 0.0370. The van der Waals surface area contributed by atoms with E-state index in [0.29, 0.717) is 0 Å². The molecule has 1 aliphatic heterocycles. The smallest absolute Gasteiger partial charge is 0.0753 e. The van der Waals surface area contributed by atoms with Crippen LogP contribution < -0.4 is 5.32 Å². The van der Waals surface area contributed by atoms with E-state index in [-0.39, 0.29) is 5.60 Å². The lowest BCUT2D eigenvalue weighted by Gasteiger charge is -2.40. The lowest BCUT2D eigenvalue weighted by molar-refractivity contribution is -0.0900. The van der Waals surface area contributed by atoms with Crippen LogP contribution >= 0.6 is 0 Å². The lowest BCUT2D eigenvalue weighted by atomic mass is 9.93. The molecule has 2 unspecified atom stereocenters. The molecule has 0 spiro atoms. The second-order valence-corrected chi connectivity index (χ2v) is 7.30. The molecule has 2 aliphatic rings. The largest absolute Gasteiger partial charge is 0.373 e. The molecule has 3 heteroatoms. The van der Waals surface area contributed by atoms with Crippen molar-refractivity contribution in [1.29, 1.82) is 0 Å². The second kappa shape index (κ2) is 7.77. The van der Waals surface area contributed by atoms with E-state index in [1.807, 2.05) is 0 Å². The van der Waals surface area contributed by atoms with Gasteiger partial charge in [0.15, 0.2) is 0 Å². The molecule has 0 bridgehead atoms. The Morgan fingerprint density at radius 2 is 2.00 bits per heavy atom. The summed E-state index contributed by atoms with van der Waals surface area (Å²) in [6.45, 7) is 12.2. The van der Waals surface area contributed by atoms with E-state index >= 15 is 0 Å². The highest BCUT2D eigenvalue weighted by Gasteiger charge is 2.31. The van der Waals surface area contributed by atoms with Gasteiger partial charge in [0.1, 0.15) is 0 Å². The molecule has 1 N–H and O–H groups in total. The van der Waals surface area contributed by atoms with Gasteiger partial charge in [-0.3, -0.25) is 4.90 Å². The average molecular weight is 282 g/mol. The zero-order chi connectivity index (χ0) is 14.4. The Hall–Kier alpha value is -0.120. The average Bonchev–Trinajstić information content (AvgIpc) is 2.61. The van der Waals surface area contributed by atoms with Crippen LogP contribution in [0.4, 0.5) is 0 Å². The molecule has 1 heterocycles. The number of ether oxygens (including phenoxy) is 1. The number of nitrogens with one attached hydrogen (secondary N) is 1. The molecular formula is C17H34N2O. The van der Waals surface area contributed by atoms with Gasteiger partial charge in [0.2, 0.25) is 0 Å². The second-order valence-electron chi connectivity index (χ2n) is 7.30. The number of morpholine rings is 1. The SMILES string of the molecule is CCCNC1CCCCCC1CN1CCOC(C)(C)C1. The van der Waals surface area contributed by atoms with E-state index in [2.05, 4.69) is 31.0 Å². The topological polar surface area (TPSA) is 24.5 Å². The van der Waals surface area contributed by atoms with Crippen molar-refractivity contribution < 1.29 is 4.74 Å². The summed E-state index contributed by atoms with van der Waals surface area (Å²) in [4.78, 5) is 2.64. The molecule has 0 aromatic carbocycles. The minimum Gasteiger partial charge on any atom is -0.373 e. The van der Waals surface area contributed by atoms with E-state index < -0.39 is 0 Å². The third kappa shape index (κ3) is 5.01. The van der Waals surface area contributed by atoms with Gasteiger partial charge in [0.25, 0.3) is 0 Å². The Kier molecular flexibility index (Phi) is 6.31. The van der Waals surface area contributed by atoms with Gasteiger partial charge < -0.3 is 10.1 Å². The molecule has 2 rings (SSSR count). The van der Waals surface area contributed by atoms with E-state index in [1.54, 1.807) is 0 Å². The maximum Gasteiger partial charge on any atom is 0.0753 e. The van der Waals surface area contributed by atoms with Crippen LogP contribution in [0.25, 0.3) is 0 Å². The van der Waals surface area contributed by atoms with E-state index in [9.17, 15) is 0 Å². The summed E-state index contributed by atoms with van der Waals surface area (Å²) in [5.41, 5.74) is 0.0370. The molecule has 0 radical (unpaired) electrons. The molecule has 1 saturated carbocycles. The molecule has 2 atom stereocenters. The van der Waals surface area contributed by atoms with E-state index in [1.165, 1.54) is 51.6 Å². The molecule has 1 aliphatic carbocycles. The van der Waals surface area contributed by atoms with Crippen LogP contribution in [0.2, 0.25) is 0 Å². The van der Waals surface area contributed by atoms with Crippen LogP contribution in [-0.2, 0) is 4.74 Å². The van der Waals surface area contributed by atoms with Crippen LogP contribution in [0.1, 0.15) is 59.3 Å². The van der Waals surface area contributed by atoms with E-state index in [4.69, 9.17) is 4.74 Å². The van der Waals surface area contributed by atoms with Gasteiger partial charge in [-0.25, -0.2) is 0 Å². The molecule has 0 aromatic heterocycles. The fourth-order valence-corrected chi connectivity index (χ4v) is 3.80. The maximum absolute atomic E-state index is 5.84. The van der Waals surface area contributed by atoms with Crippen molar-refractivity contribution in [2.24, 2.45) is 5.92 Å². The molecule has 2 fully saturated rings. The maximum atomic E-state index is 5.84. The van der Waals surface area contributed by atoms with Crippen molar-refractivity contribution in [3.8, 4) is 0 Å². The van der Waals surface area contributed by atoms with Crippen molar-refractivity contribution >= 4 is 0 Å². The first kappa shape index (κ1) is 16.3. The van der Waals surface area contributed by atoms with E-state index in [0.717, 1.165) is 31.7 Å². The number of rotatable bonds is 5. The van der Waals surface area contributed by atoms with Crippen molar-refractivity contribution in [2.75, 3.05) is 32.8 Å². The first-order valence-electron chi connectivity index (χ1n) is 8.70. The number of hydrogen-bond acceptors (Lipinski definition) is 3. The summed E-state index contributed by atoms with van der Waals surface area (Å²) in [5.74, 6) is 0.831. The zero-order valence-corrected chi connectivity index (χ0v) is 13.8. The third-order valence-corrected chi connectivity index (χ3v) is 4.81. The van der Waals surface area contributed by atoms with Gasteiger partial charge in [0, 0.05) is 25.7 Å². The van der Waals surface area contributed by atoms with Gasteiger partial charge in [-0.05, 0) is 45.6 Å². The van der Waals surface area contributed by atoms with Crippen LogP contribution in [0.15, 0.2) is 0 Å². The summed E-state index contributed by atoms with van der Waals surface area (Å²) in [7, 11) is 0. The Labute approximate surface area is 125 Å². The first-order chi connectivity index (χ1) is 9.61. The van der Waals surface area contributed by atoms with Crippen molar-refractivity contribution in [3.05, 3.63) is 0 Å². The normalized spacial score (nSPS) is 31.9.